The van der Waals surface area contributed by atoms with Crippen molar-refractivity contribution in [2.24, 2.45) is 0 Å². The minimum Gasteiger partial charge on any atom is -0.322 e. The summed E-state index contributed by atoms with van der Waals surface area (Å²) in [7, 11) is -6.76. The lowest BCUT2D eigenvalue weighted by molar-refractivity contribution is 0.102. The Bertz CT molecular complexity index is 1110. The van der Waals surface area contributed by atoms with Crippen LogP contribution in [0, 0.1) is 0 Å². The van der Waals surface area contributed by atoms with Gasteiger partial charge in [-0.05, 0) is 62.7 Å². The predicted molar refractivity (Wildman–Crippen MR) is 114 cm³/mol. The number of sulfonamides is 2. The Morgan fingerprint density at radius 1 is 1.07 bits per heavy atom. The number of anilines is 3. The maximum atomic E-state index is 12.5. The van der Waals surface area contributed by atoms with Crippen LogP contribution in [0.4, 0.5) is 17.1 Å². The van der Waals surface area contributed by atoms with E-state index in [1.807, 2.05) is 0 Å². The lowest BCUT2D eigenvalue weighted by atomic mass is 10.2. The zero-order chi connectivity index (χ0) is 21.2. The van der Waals surface area contributed by atoms with E-state index in [0.29, 0.717) is 35.6 Å². The average Bonchev–Trinajstić information content (AvgIpc) is 3.01. The normalized spacial score (nSPS) is 16.0. The van der Waals surface area contributed by atoms with Crippen molar-refractivity contribution in [3.05, 3.63) is 54.1 Å². The SMILES string of the molecule is CC(C)S(=O)(=O)Nc1ccc(C(=O)Nc2cccc(N3CCCS3(=O)=O)c2)cc1. The molecule has 1 saturated heterocycles. The first-order valence-corrected chi connectivity index (χ1v) is 12.3. The summed E-state index contributed by atoms with van der Waals surface area (Å²) in [6, 6.07) is 12.7. The van der Waals surface area contributed by atoms with Crippen molar-refractivity contribution in [1.29, 1.82) is 0 Å². The molecule has 1 aliphatic heterocycles. The van der Waals surface area contributed by atoms with Crippen LogP contribution in [-0.4, -0.2) is 40.3 Å². The summed E-state index contributed by atoms with van der Waals surface area (Å²) >= 11 is 0. The van der Waals surface area contributed by atoms with Gasteiger partial charge in [-0.1, -0.05) is 6.07 Å². The third-order valence-electron chi connectivity index (χ3n) is 4.52. The standard InChI is InChI=1S/C19H23N3O5S2/c1-14(2)29(26,27)21-16-9-7-15(8-10-16)19(23)20-17-5-3-6-18(13-17)22-11-4-12-28(22,24)25/h3,5-10,13-14,21H,4,11-12H2,1-2H3,(H,20,23). The number of hydrogen-bond acceptors (Lipinski definition) is 5. The number of amides is 1. The smallest absolute Gasteiger partial charge is 0.255 e. The van der Waals surface area contributed by atoms with Crippen molar-refractivity contribution in [3.63, 3.8) is 0 Å². The first-order chi connectivity index (χ1) is 13.6. The third-order valence-corrected chi connectivity index (χ3v) is 8.15. The molecule has 3 rings (SSSR count). The Labute approximate surface area is 171 Å². The molecule has 2 N–H and O–H groups in total. The van der Waals surface area contributed by atoms with Gasteiger partial charge in [0.15, 0.2) is 0 Å². The van der Waals surface area contributed by atoms with E-state index in [9.17, 15) is 21.6 Å². The first kappa shape index (κ1) is 21.1. The van der Waals surface area contributed by atoms with Crippen LogP contribution in [0.15, 0.2) is 48.5 Å². The van der Waals surface area contributed by atoms with Crippen LogP contribution in [0.25, 0.3) is 0 Å². The van der Waals surface area contributed by atoms with Crippen molar-refractivity contribution >= 4 is 43.0 Å². The van der Waals surface area contributed by atoms with Gasteiger partial charge >= 0.3 is 0 Å². The average molecular weight is 438 g/mol. The minimum atomic E-state index is -3.46. The molecule has 0 atom stereocenters. The number of nitrogens with one attached hydrogen (secondary N) is 2. The molecule has 1 heterocycles. The highest BCUT2D eigenvalue weighted by Gasteiger charge is 2.28. The maximum absolute atomic E-state index is 12.5. The summed E-state index contributed by atoms with van der Waals surface area (Å²) in [4.78, 5) is 12.5. The van der Waals surface area contributed by atoms with E-state index in [-0.39, 0.29) is 11.7 Å². The second-order valence-electron chi connectivity index (χ2n) is 7.02. The molecule has 29 heavy (non-hydrogen) atoms. The van der Waals surface area contributed by atoms with E-state index in [2.05, 4.69) is 10.0 Å². The van der Waals surface area contributed by atoms with Gasteiger partial charge in [0.2, 0.25) is 20.0 Å². The maximum Gasteiger partial charge on any atom is 0.255 e. The molecular formula is C19H23N3O5S2. The monoisotopic (exact) mass is 437 g/mol. The Hall–Kier alpha value is -2.59. The van der Waals surface area contributed by atoms with E-state index < -0.39 is 25.3 Å². The van der Waals surface area contributed by atoms with E-state index in [1.54, 1.807) is 38.1 Å². The topological polar surface area (TPSA) is 113 Å². The number of hydrogen-bond donors (Lipinski definition) is 2. The van der Waals surface area contributed by atoms with Gasteiger partial charge in [0, 0.05) is 23.5 Å². The molecule has 1 aliphatic rings. The second kappa shape index (κ2) is 8.03. The number of nitrogens with zero attached hydrogens (tertiary/aromatic N) is 1. The van der Waals surface area contributed by atoms with Gasteiger partial charge in [-0.2, -0.15) is 0 Å². The van der Waals surface area contributed by atoms with Crippen molar-refractivity contribution in [1.82, 2.24) is 0 Å². The summed E-state index contributed by atoms with van der Waals surface area (Å²) in [5, 5.41) is 2.16. The van der Waals surface area contributed by atoms with Crippen LogP contribution in [0.2, 0.25) is 0 Å². The van der Waals surface area contributed by atoms with E-state index in [4.69, 9.17) is 0 Å². The highest BCUT2D eigenvalue weighted by atomic mass is 32.2. The van der Waals surface area contributed by atoms with Gasteiger partial charge < -0.3 is 5.32 Å². The predicted octanol–water partition coefficient (Wildman–Crippen LogP) is 2.63. The van der Waals surface area contributed by atoms with Gasteiger partial charge in [0.1, 0.15) is 0 Å². The largest absolute Gasteiger partial charge is 0.322 e. The number of benzene rings is 2. The zero-order valence-corrected chi connectivity index (χ0v) is 17.8. The van der Waals surface area contributed by atoms with Crippen LogP contribution in [-0.2, 0) is 20.0 Å². The zero-order valence-electron chi connectivity index (χ0n) is 16.1. The van der Waals surface area contributed by atoms with Gasteiger partial charge in [0.05, 0.1) is 16.7 Å². The molecule has 0 spiro atoms. The third kappa shape index (κ3) is 4.88. The van der Waals surface area contributed by atoms with E-state index in [0.717, 1.165) is 0 Å². The van der Waals surface area contributed by atoms with Crippen LogP contribution >= 0.6 is 0 Å². The molecule has 10 heteroatoms. The molecule has 0 bridgehead atoms. The summed E-state index contributed by atoms with van der Waals surface area (Å²) in [6.45, 7) is 3.57. The molecule has 0 saturated carbocycles. The summed E-state index contributed by atoms with van der Waals surface area (Å²) in [6.07, 6.45) is 0.575. The van der Waals surface area contributed by atoms with Gasteiger partial charge in [-0.3, -0.25) is 13.8 Å². The molecule has 156 valence electrons. The summed E-state index contributed by atoms with van der Waals surface area (Å²) < 4.78 is 51.8. The quantitative estimate of drug-likeness (QED) is 0.721. The number of carbonyl (C=O) groups is 1. The van der Waals surface area contributed by atoms with Crippen molar-refractivity contribution in [2.45, 2.75) is 25.5 Å². The molecular weight excluding hydrogens is 414 g/mol. The molecule has 2 aromatic rings. The molecule has 2 aromatic carbocycles. The Morgan fingerprint density at radius 2 is 1.76 bits per heavy atom. The van der Waals surface area contributed by atoms with Gasteiger partial charge in [-0.25, -0.2) is 16.8 Å². The van der Waals surface area contributed by atoms with Crippen LogP contribution in [0.5, 0.6) is 0 Å². The van der Waals surface area contributed by atoms with Crippen molar-refractivity contribution in [3.8, 4) is 0 Å². The summed E-state index contributed by atoms with van der Waals surface area (Å²) in [5.74, 6) is -0.263. The second-order valence-corrected chi connectivity index (χ2v) is 11.3. The lowest BCUT2D eigenvalue weighted by Crippen LogP contribution is -2.25. The highest BCUT2D eigenvalue weighted by Crippen LogP contribution is 2.26. The number of rotatable bonds is 6. The van der Waals surface area contributed by atoms with Crippen molar-refractivity contribution in [2.75, 3.05) is 26.6 Å². The van der Waals surface area contributed by atoms with Crippen LogP contribution in [0.3, 0.4) is 0 Å². The molecule has 8 nitrogen and oxygen atoms in total. The fourth-order valence-electron chi connectivity index (χ4n) is 2.84. The van der Waals surface area contributed by atoms with Gasteiger partial charge in [-0.15, -0.1) is 0 Å². The highest BCUT2D eigenvalue weighted by molar-refractivity contribution is 7.93. The molecule has 0 aromatic heterocycles. The van der Waals surface area contributed by atoms with Crippen molar-refractivity contribution < 1.29 is 21.6 Å². The van der Waals surface area contributed by atoms with Crippen LogP contribution < -0.4 is 14.3 Å². The Morgan fingerprint density at radius 3 is 2.34 bits per heavy atom. The lowest BCUT2D eigenvalue weighted by Gasteiger charge is -2.17. The molecule has 0 unspecified atom stereocenters. The first-order valence-electron chi connectivity index (χ1n) is 9.12. The Balaban J connectivity index is 1.72. The van der Waals surface area contributed by atoms with E-state index >= 15 is 0 Å². The molecule has 0 radical (unpaired) electrons. The number of carbonyl (C=O) groups excluding carboxylic acids is 1. The minimum absolute atomic E-state index is 0.122. The molecule has 1 amide bonds. The van der Waals surface area contributed by atoms with Crippen LogP contribution in [0.1, 0.15) is 30.6 Å². The van der Waals surface area contributed by atoms with Gasteiger partial charge in [0.25, 0.3) is 5.91 Å². The Kier molecular flexibility index (Phi) is 5.85. The fraction of sp³-hybridized carbons (Fsp3) is 0.316. The fourth-order valence-corrected chi connectivity index (χ4v) is 5.10. The molecule has 1 fully saturated rings. The van der Waals surface area contributed by atoms with E-state index in [1.165, 1.54) is 28.6 Å². The molecule has 0 aliphatic carbocycles. The summed E-state index contributed by atoms with van der Waals surface area (Å²) in [5.41, 5.74) is 1.70.